The third kappa shape index (κ3) is 5.52. The number of rotatable bonds is 3. The number of aliphatic carboxylic acids is 1. The molecule has 176 valence electrons. The summed E-state index contributed by atoms with van der Waals surface area (Å²) in [5, 5.41) is 17.2. The summed E-state index contributed by atoms with van der Waals surface area (Å²) in [5.74, 6) is -3.24. The van der Waals surface area contributed by atoms with Gasteiger partial charge in [0.15, 0.2) is 0 Å². The van der Waals surface area contributed by atoms with E-state index in [2.05, 4.69) is 41.6 Å². The van der Waals surface area contributed by atoms with Gasteiger partial charge in [0, 0.05) is 48.2 Å². The van der Waals surface area contributed by atoms with Crippen LogP contribution in [-0.4, -0.2) is 51.4 Å². The maximum Gasteiger partial charge on any atom is 0.490 e. The number of fused-ring (bicyclic) bond motifs is 3. The van der Waals surface area contributed by atoms with Crippen molar-refractivity contribution >= 4 is 22.8 Å². The van der Waals surface area contributed by atoms with Gasteiger partial charge in [-0.2, -0.15) is 13.2 Å². The number of hydrogen-bond acceptors (Lipinski definition) is 4. The van der Waals surface area contributed by atoms with Crippen molar-refractivity contribution < 1.29 is 33.1 Å². The third-order valence-corrected chi connectivity index (χ3v) is 5.50. The number of benzene rings is 2. The highest BCUT2D eigenvalue weighted by atomic mass is 19.4. The molecular weight excluding hydrogens is 439 g/mol. The van der Waals surface area contributed by atoms with Gasteiger partial charge in [0.2, 0.25) is 0 Å². The van der Waals surface area contributed by atoms with Crippen LogP contribution in [0.15, 0.2) is 42.5 Å². The molecule has 0 radical (unpaired) electrons. The van der Waals surface area contributed by atoms with Crippen LogP contribution in [0, 0.1) is 6.92 Å². The molecule has 0 bridgehead atoms. The van der Waals surface area contributed by atoms with Gasteiger partial charge in [0.25, 0.3) is 5.91 Å². The summed E-state index contributed by atoms with van der Waals surface area (Å²) in [6.45, 7) is 4.97. The highest BCUT2D eigenvalue weighted by Crippen LogP contribution is 2.32. The molecule has 0 spiro atoms. The summed E-state index contributed by atoms with van der Waals surface area (Å²) in [4.78, 5) is 22.8. The van der Waals surface area contributed by atoms with Crippen molar-refractivity contribution in [2.45, 2.75) is 32.6 Å². The van der Waals surface area contributed by atoms with Crippen molar-refractivity contribution in [1.82, 2.24) is 14.9 Å². The Morgan fingerprint density at radius 2 is 1.76 bits per heavy atom. The molecular formula is C23H24F3N3O4. The molecule has 2 aromatic carbocycles. The summed E-state index contributed by atoms with van der Waals surface area (Å²) in [5.41, 5.74) is 8.67. The van der Waals surface area contributed by atoms with Gasteiger partial charge in [0.1, 0.15) is 0 Å². The van der Waals surface area contributed by atoms with E-state index in [4.69, 9.17) is 15.1 Å². The lowest BCUT2D eigenvalue weighted by Gasteiger charge is -2.24. The fourth-order valence-corrected chi connectivity index (χ4v) is 3.89. The second kappa shape index (κ2) is 9.63. The van der Waals surface area contributed by atoms with Crippen LogP contribution in [-0.2, 0) is 24.3 Å². The minimum absolute atomic E-state index is 0.452. The molecule has 0 saturated heterocycles. The summed E-state index contributed by atoms with van der Waals surface area (Å²) < 4.78 is 34.2. The lowest BCUT2D eigenvalue weighted by molar-refractivity contribution is -0.192. The molecule has 33 heavy (non-hydrogen) atoms. The predicted octanol–water partition coefficient (Wildman–Crippen LogP) is 3.74. The number of amides is 1. The molecule has 7 nitrogen and oxygen atoms in total. The molecule has 10 heteroatoms. The number of carbonyl (C=O) groups is 2. The number of carbonyl (C=O) groups excluding carboxylic acids is 1. The number of likely N-dealkylation sites (N-methyl/N-ethyl adjacent to an activating group) is 1. The molecule has 0 fully saturated rings. The maximum absolute atomic E-state index is 11.5. The number of nitrogens with zero attached hydrogens (tertiary/aromatic N) is 2. The van der Waals surface area contributed by atoms with Crippen molar-refractivity contribution in [3.8, 4) is 0 Å². The quantitative estimate of drug-likeness (QED) is 0.406. The van der Waals surface area contributed by atoms with E-state index in [1.165, 1.54) is 27.7 Å². The van der Waals surface area contributed by atoms with E-state index in [-0.39, 0.29) is 0 Å². The van der Waals surface area contributed by atoms with E-state index in [1.54, 1.807) is 17.6 Å². The molecule has 1 amide bonds. The third-order valence-electron chi connectivity index (χ3n) is 5.50. The SMILES string of the molecule is Cc1ccc2c(c1)c1c(n2Cc2ccc(C(=O)NO)cc2)CCN(C)C1.O=C(O)C(F)(F)F. The van der Waals surface area contributed by atoms with Gasteiger partial charge >= 0.3 is 12.1 Å². The van der Waals surface area contributed by atoms with Crippen molar-refractivity contribution in [2.75, 3.05) is 13.6 Å². The van der Waals surface area contributed by atoms with E-state index in [9.17, 15) is 18.0 Å². The molecule has 3 N–H and O–H groups in total. The molecule has 1 aliphatic rings. The predicted molar refractivity (Wildman–Crippen MR) is 115 cm³/mol. The number of aryl methyl sites for hydroxylation is 1. The lowest BCUT2D eigenvalue weighted by atomic mass is 10.0. The van der Waals surface area contributed by atoms with Gasteiger partial charge in [0.05, 0.1) is 0 Å². The molecule has 0 saturated carbocycles. The second-order valence-corrected chi connectivity index (χ2v) is 7.96. The minimum Gasteiger partial charge on any atom is -0.475 e. The number of carboxylic acid groups (broad SMARTS) is 1. The molecule has 2 heterocycles. The maximum atomic E-state index is 11.5. The first-order valence-corrected chi connectivity index (χ1v) is 10.1. The second-order valence-electron chi connectivity index (χ2n) is 7.96. The Kier molecular flexibility index (Phi) is 7.09. The highest BCUT2D eigenvalue weighted by Gasteiger charge is 2.38. The van der Waals surface area contributed by atoms with Crippen LogP contribution in [0.1, 0.15) is 32.7 Å². The molecule has 0 atom stereocenters. The van der Waals surface area contributed by atoms with Gasteiger partial charge < -0.3 is 14.6 Å². The van der Waals surface area contributed by atoms with Crippen LogP contribution in [0.25, 0.3) is 10.9 Å². The Morgan fingerprint density at radius 3 is 2.33 bits per heavy atom. The number of aromatic nitrogens is 1. The minimum atomic E-state index is -5.08. The van der Waals surface area contributed by atoms with E-state index in [0.29, 0.717) is 5.56 Å². The summed E-state index contributed by atoms with van der Waals surface area (Å²) in [6.07, 6.45) is -4.04. The largest absolute Gasteiger partial charge is 0.490 e. The van der Waals surface area contributed by atoms with Crippen LogP contribution < -0.4 is 5.48 Å². The first kappa shape index (κ1) is 24.3. The summed E-state index contributed by atoms with van der Waals surface area (Å²) >= 11 is 0. The van der Waals surface area contributed by atoms with Crippen LogP contribution in [0.2, 0.25) is 0 Å². The zero-order chi connectivity index (χ0) is 24.3. The topological polar surface area (TPSA) is 94.8 Å². The fourth-order valence-electron chi connectivity index (χ4n) is 3.89. The summed E-state index contributed by atoms with van der Waals surface area (Å²) in [7, 11) is 2.17. The number of hydroxylamine groups is 1. The molecule has 1 aliphatic heterocycles. The van der Waals surface area contributed by atoms with Crippen LogP contribution in [0.4, 0.5) is 13.2 Å². The Morgan fingerprint density at radius 1 is 1.12 bits per heavy atom. The van der Waals surface area contributed by atoms with E-state index < -0.39 is 18.1 Å². The van der Waals surface area contributed by atoms with Gasteiger partial charge in [-0.3, -0.25) is 10.0 Å². The number of carboxylic acids is 1. The Labute approximate surface area is 188 Å². The van der Waals surface area contributed by atoms with Crippen molar-refractivity contribution in [1.29, 1.82) is 0 Å². The number of nitrogens with one attached hydrogen (secondary N) is 1. The Bertz CT molecular complexity index is 1170. The van der Waals surface area contributed by atoms with Crippen molar-refractivity contribution in [2.24, 2.45) is 0 Å². The van der Waals surface area contributed by atoms with E-state index in [0.717, 1.165) is 31.6 Å². The smallest absolute Gasteiger partial charge is 0.475 e. The van der Waals surface area contributed by atoms with Gasteiger partial charge in [-0.15, -0.1) is 0 Å². The first-order chi connectivity index (χ1) is 15.5. The molecule has 0 unspecified atom stereocenters. The van der Waals surface area contributed by atoms with Gasteiger partial charge in [-0.05, 0) is 49.4 Å². The van der Waals surface area contributed by atoms with Crippen molar-refractivity contribution in [3.05, 3.63) is 70.4 Å². The zero-order valence-corrected chi connectivity index (χ0v) is 18.1. The average Bonchev–Trinajstić information content (AvgIpc) is 3.05. The standard InChI is InChI=1S/C21H23N3O2.C2HF3O2/c1-14-3-8-19-17(11-14)18-13-23(2)10-9-20(18)24(19)12-15-4-6-16(7-5-15)21(25)22-26;3-2(4,5)1(6)7/h3-8,11,26H,9-10,12-13H2,1-2H3,(H,22,25);(H,6,7). The zero-order valence-electron chi connectivity index (χ0n) is 18.1. The molecule has 3 aromatic rings. The fraction of sp³-hybridized carbons (Fsp3) is 0.304. The van der Waals surface area contributed by atoms with Gasteiger partial charge in [-0.1, -0.05) is 23.8 Å². The van der Waals surface area contributed by atoms with E-state index in [1.807, 2.05) is 12.1 Å². The Hall–Kier alpha value is -3.37. The number of hydrogen-bond donors (Lipinski definition) is 3. The normalized spacial score (nSPS) is 13.8. The average molecular weight is 463 g/mol. The first-order valence-electron chi connectivity index (χ1n) is 10.1. The molecule has 0 aliphatic carbocycles. The van der Waals surface area contributed by atoms with Crippen LogP contribution in [0.5, 0.6) is 0 Å². The van der Waals surface area contributed by atoms with Crippen molar-refractivity contribution in [3.63, 3.8) is 0 Å². The lowest BCUT2D eigenvalue weighted by Crippen LogP contribution is -2.27. The molecule has 1 aromatic heterocycles. The van der Waals surface area contributed by atoms with Gasteiger partial charge in [-0.25, -0.2) is 10.3 Å². The summed E-state index contributed by atoms with van der Waals surface area (Å²) in [6, 6.07) is 14.1. The molecule has 4 rings (SSSR count). The van der Waals surface area contributed by atoms with Crippen LogP contribution >= 0.6 is 0 Å². The number of alkyl halides is 3. The Balaban J connectivity index is 0.000000383. The number of halogens is 3. The van der Waals surface area contributed by atoms with Crippen LogP contribution in [0.3, 0.4) is 0 Å². The van der Waals surface area contributed by atoms with E-state index >= 15 is 0 Å². The monoisotopic (exact) mass is 463 g/mol. The highest BCUT2D eigenvalue weighted by molar-refractivity contribution is 5.93.